The number of carbonyl (C=O) groups excluding carboxylic acids is 1. The summed E-state index contributed by atoms with van der Waals surface area (Å²) in [5.41, 5.74) is 0. The SMILES string of the molecule is CCNC(=NCCCSc1nccs1)N1CCN(C(C)=O)CC1. The molecule has 1 amide bonds. The third kappa shape index (κ3) is 6.02. The van der Waals surface area contributed by atoms with Crippen molar-refractivity contribution in [3.8, 4) is 0 Å². The number of nitrogens with one attached hydrogen (secondary N) is 1. The van der Waals surface area contributed by atoms with E-state index in [-0.39, 0.29) is 5.91 Å². The highest BCUT2D eigenvalue weighted by molar-refractivity contribution is 8.00. The summed E-state index contributed by atoms with van der Waals surface area (Å²) in [6, 6.07) is 0. The molecule has 0 aliphatic carbocycles. The summed E-state index contributed by atoms with van der Waals surface area (Å²) < 4.78 is 1.13. The Labute approximate surface area is 146 Å². The Hall–Kier alpha value is -1.28. The second-order valence-corrected chi connectivity index (χ2v) is 7.47. The lowest BCUT2D eigenvalue weighted by Gasteiger charge is -2.36. The van der Waals surface area contributed by atoms with Gasteiger partial charge in [0.1, 0.15) is 4.34 Å². The van der Waals surface area contributed by atoms with Gasteiger partial charge in [-0.15, -0.1) is 11.3 Å². The Morgan fingerprint density at radius 3 is 2.74 bits per heavy atom. The largest absolute Gasteiger partial charge is 0.357 e. The van der Waals surface area contributed by atoms with E-state index >= 15 is 0 Å². The topological polar surface area (TPSA) is 60.8 Å². The van der Waals surface area contributed by atoms with Crippen molar-refractivity contribution in [3.63, 3.8) is 0 Å². The number of thioether (sulfide) groups is 1. The third-order valence-corrected chi connectivity index (χ3v) is 5.61. The normalized spacial score (nSPS) is 15.8. The van der Waals surface area contributed by atoms with Crippen LogP contribution in [0.4, 0.5) is 0 Å². The monoisotopic (exact) mass is 355 g/mol. The maximum absolute atomic E-state index is 11.4. The minimum absolute atomic E-state index is 0.158. The lowest BCUT2D eigenvalue weighted by molar-refractivity contribution is -0.130. The standard InChI is InChI=1S/C15H25N5OS2/c1-3-16-14(20-9-7-19(8-10-20)13(2)21)17-5-4-11-22-15-18-6-12-23-15/h6,12H,3-5,7-11H2,1-2H3,(H,16,17). The molecule has 1 aliphatic rings. The number of aliphatic imine (C=N–C) groups is 1. The summed E-state index contributed by atoms with van der Waals surface area (Å²) in [6.45, 7) is 8.64. The van der Waals surface area contributed by atoms with Gasteiger partial charge in [0, 0.05) is 63.5 Å². The van der Waals surface area contributed by atoms with Crippen molar-refractivity contribution in [3.05, 3.63) is 11.6 Å². The fourth-order valence-electron chi connectivity index (χ4n) is 2.35. The first-order valence-corrected chi connectivity index (χ1v) is 9.88. The van der Waals surface area contributed by atoms with Crippen LogP contribution >= 0.6 is 23.1 Å². The number of aromatic nitrogens is 1. The Morgan fingerprint density at radius 2 is 2.13 bits per heavy atom. The smallest absolute Gasteiger partial charge is 0.219 e. The Morgan fingerprint density at radius 1 is 1.39 bits per heavy atom. The molecule has 1 aliphatic heterocycles. The van der Waals surface area contributed by atoms with Crippen LogP contribution in [-0.4, -0.2) is 71.7 Å². The molecule has 2 rings (SSSR count). The summed E-state index contributed by atoms with van der Waals surface area (Å²) >= 11 is 3.48. The number of carbonyl (C=O) groups is 1. The van der Waals surface area contributed by atoms with Crippen molar-refractivity contribution in [2.75, 3.05) is 45.0 Å². The predicted molar refractivity (Wildman–Crippen MR) is 97.3 cm³/mol. The molecular formula is C15H25N5OS2. The summed E-state index contributed by atoms with van der Waals surface area (Å²) in [5.74, 6) is 2.16. The van der Waals surface area contributed by atoms with Gasteiger partial charge in [-0.05, 0) is 13.3 Å². The Kier molecular flexibility index (Phi) is 7.67. The Bertz CT molecular complexity index is 498. The predicted octanol–water partition coefficient (Wildman–Crippen LogP) is 1.75. The van der Waals surface area contributed by atoms with Gasteiger partial charge in [0.15, 0.2) is 5.96 Å². The lowest BCUT2D eigenvalue weighted by Crippen LogP contribution is -2.53. The maximum atomic E-state index is 11.4. The fraction of sp³-hybridized carbons (Fsp3) is 0.667. The summed E-state index contributed by atoms with van der Waals surface area (Å²) in [4.78, 5) is 24.5. The fourth-order valence-corrected chi connectivity index (χ4v) is 3.98. The number of rotatable bonds is 6. The number of hydrogen-bond acceptors (Lipinski definition) is 5. The number of piperazine rings is 1. The van der Waals surface area contributed by atoms with Crippen LogP contribution in [0.25, 0.3) is 0 Å². The van der Waals surface area contributed by atoms with E-state index in [1.807, 2.05) is 16.5 Å². The van der Waals surface area contributed by atoms with Gasteiger partial charge < -0.3 is 15.1 Å². The van der Waals surface area contributed by atoms with Crippen molar-refractivity contribution in [1.82, 2.24) is 20.1 Å². The molecule has 0 radical (unpaired) electrons. The second kappa shape index (κ2) is 9.77. The number of guanidine groups is 1. The highest BCUT2D eigenvalue weighted by Crippen LogP contribution is 2.20. The maximum Gasteiger partial charge on any atom is 0.219 e. The molecule has 1 saturated heterocycles. The van der Waals surface area contributed by atoms with Crippen LogP contribution in [-0.2, 0) is 4.79 Å². The molecule has 8 heteroatoms. The summed E-state index contributed by atoms with van der Waals surface area (Å²) in [7, 11) is 0. The molecule has 0 atom stereocenters. The van der Waals surface area contributed by atoms with Crippen LogP contribution < -0.4 is 5.32 Å². The minimum atomic E-state index is 0.158. The van der Waals surface area contributed by atoms with Crippen LogP contribution in [0.1, 0.15) is 20.3 Å². The van der Waals surface area contributed by atoms with Gasteiger partial charge >= 0.3 is 0 Å². The molecule has 6 nitrogen and oxygen atoms in total. The zero-order chi connectivity index (χ0) is 16.5. The third-order valence-electron chi connectivity index (χ3n) is 3.56. The summed E-state index contributed by atoms with van der Waals surface area (Å²) in [6.07, 6.45) is 2.88. The van der Waals surface area contributed by atoms with E-state index in [0.717, 1.165) is 61.7 Å². The Balaban J connectivity index is 1.75. The van der Waals surface area contributed by atoms with E-state index in [0.29, 0.717) is 0 Å². The van der Waals surface area contributed by atoms with Crippen LogP contribution in [0.2, 0.25) is 0 Å². The first-order chi connectivity index (χ1) is 11.2. The molecule has 0 bridgehead atoms. The van der Waals surface area contributed by atoms with Gasteiger partial charge in [0.25, 0.3) is 0 Å². The number of hydrogen-bond donors (Lipinski definition) is 1. The van der Waals surface area contributed by atoms with Crippen molar-refractivity contribution in [1.29, 1.82) is 0 Å². The molecule has 0 saturated carbocycles. The first-order valence-electron chi connectivity index (χ1n) is 8.01. The molecular weight excluding hydrogens is 330 g/mol. The molecule has 1 fully saturated rings. The molecule has 1 N–H and O–H groups in total. The molecule has 0 spiro atoms. The summed E-state index contributed by atoms with van der Waals surface area (Å²) in [5, 5.41) is 5.36. The number of thiazole rings is 1. The van der Waals surface area contributed by atoms with Crippen LogP contribution in [0, 0.1) is 0 Å². The van der Waals surface area contributed by atoms with Crippen molar-refractivity contribution >= 4 is 35.0 Å². The quantitative estimate of drug-likeness (QED) is 0.365. The van der Waals surface area contributed by atoms with Crippen LogP contribution in [0.5, 0.6) is 0 Å². The van der Waals surface area contributed by atoms with Gasteiger partial charge in [-0.2, -0.15) is 0 Å². The van der Waals surface area contributed by atoms with E-state index in [1.54, 1.807) is 30.0 Å². The number of nitrogens with zero attached hydrogens (tertiary/aromatic N) is 4. The zero-order valence-corrected chi connectivity index (χ0v) is 15.5. The molecule has 0 unspecified atom stereocenters. The highest BCUT2D eigenvalue weighted by Gasteiger charge is 2.20. The van der Waals surface area contributed by atoms with E-state index in [2.05, 4.69) is 22.1 Å². The van der Waals surface area contributed by atoms with E-state index < -0.39 is 0 Å². The van der Waals surface area contributed by atoms with Gasteiger partial charge in [-0.25, -0.2) is 4.98 Å². The van der Waals surface area contributed by atoms with Gasteiger partial charge in [-0.1, -0.05) is 11.8 Å². The second-order valence-electron chi connectivity index (χ2n) is 5.23. The van der Waals surface area contributed by atoms with Crippen molar-refractivity contribution in [2.24, 2.45) is 4.99 Å². The first kappa shape index (κ1) is 18.1. The lowest BCUT2D eigenvalue weighted by atomic mass is 10.3. The highest BCUT2D eigenvalue weighted by atomic mass is 32.2. The van der Waals surface area contributed by atoms with Gasteiger partial charge in [-0.3, -0.25) is 9.79 Å². The van der Waals surface area contributed by atoms with Crippen LogP contribution in [0.3, 0.4) is 0 Å². The average Bonchev–Trinajstić information content (AvgIpc) is 3.07. The zero-order valence-electron chi connectivity index (χ0n) is 13.8. The average molecular weight is 356 g/mol. The van der Waals surface area contributed by atoms with E-state index in [1.165, 1.54) is 0 Å². The van der Waals surface area contributed by atoms with Gasteiger partial charge in [0.2, 0.25) is 5.91 Å². The molecule has 128 valence electrons. The van der Waals surface area contributed by atoms with Gasteiger partial charge in [0.05, 0.1) is 0 Å². The van der Waals surface area contributed by atoms with Crippen molar-refractivity contribution < 1.29 is 4.79 Å². The number of amides is 1. The molecule has 2 heterocycles. The molecule has 23 heavy (non-hydrogen) atoms. The van der Waals surface area contributed by atoms with Crippen molar-refractivity contribution in [2.45, 2.75) is 24.6 Å². The van der Waals surface area contributed by atoms with E-state index in [9.17, 15) is 4.79 Å². The minimum Gasteiger partial charge on any atom is -0.357 e. The molecule has 1 aromatic heterocycles. The van der Waals surface area contributed by atoms with E-state index in [4.69, 9.17) is 4.99 Å². The molecule has 0 aromatic carbocycles. The van der Waals surface area contributed by atoms with Crippen LogP contribution in [0.15, 0.2) is 20.9 Å². The molecule has 1 aromatic rings.